The van der Waals surface area contributed by atoms with Crippen LogP contribution in [0.5, 0.6) is 0 Å². The Morgan fingerprint density at radius 2 is 1.88 bits per heavy atom. The van der Waals surface area contributed by atoms with Gasteiger partial charge in [-0.05, 0) is 31.4 Å². The highest BCUT2D eigenvalue weighted by atomic mass is 16.3. The van der Waals surface area contributed by atoms with Crippen LogP contribution in [0.15, 0.2) is 60.4 Å². The van der Waals surface area contributed by atoms with Gasteiger partial charge in [-0.15, -0.1) is 0 Å². The first-order valence-electron chi connectivity index (χ1n) is 9.73. The minimum absolute atomic E-state index is 0.295. The fourth-order valence-electron chi connectivity index (χ4n) is 4.98. The SMILES string of the molecule is C/C(=C\c1ccccc1)CN1CC2CCCC(C1)C2(O)c1cccnc1. The molecule has 1 N–H and O–H groups in total. The molecule has 1 saturated carbocycles. The molecule has 3 heteroatoms. The molecule has 1 aromatic heterocycles. The number of rotatable bonds is 4. The molecule has 136 valence electrons. The number of piperidine rings is 1. The lowest BCUT2D eigenvalue weighted by molar-refractivity contribution is -0.145. The normalized spacial score (nSPS) is 29.5. The van der Waals surface area contributed by atoms with E-state index in [4.69, 9.17) is 0 Å². The standard InChI is InChI=1S/C23H28N2O/c1-18(13-19-7-3-2-4-8-19)15-25-16-21-9-5-10-22(17-25)23(21,26)20-11-6-12-24-14-20/h2-4,6-8,11-14,21-22,26H,5,9-10,15-17H2,1H3/b18-13+. The number of likely N-dealkylation sites (tertiary alicyclic amines) is 1. The summed E-state index contributed by atoms with van der Waals surface area (Å²) in [4.78, 5) is 6.80. The molecule has 2 unspecified atom stereocenters. The molecule has 2 atom stereocenters. The van der Waals surface area contributed by atoms with Gasteiger partial charge in [0.05, 0.1) is 5.60 Å². The van der Waals surface area contributed by atoms with Crippen LogP contribution < -0.4 is 0 Å². The number of hydrogen-bond acceptors (Lipinski definition) is 3. The molecule has 1 aromatic carbocycles. The van der Waals surface area contributed by atoms with Gasteiger partial charge >= 0.3 is 0 Å². The van der Waals surface area contributed by atoms with Crippen LogP contribution in [0.2, 0.25) is 0 Å². The van der Waals surface area contributed by atoms with Crippen LogP contribution in [0.4, 0.5) is 0 Å². The van der Waals surface area contributed by atoms with Crippen molar-refractivity contribution in [3.63, 3.8) is 0 Å². The van der Waals surface area contributed by atoms with Crippen molar-refractivity contribution in [2.24, 2.45) is 11.8 Å². The zero-order valence-corrected chi connectivity index (χ0v) is 15.5. The largest absolute Gasteiger partial charge is 0.384 e. The Morgan fingerprint density at radius 1 is 1.15 bits per heavy atom. The van der Waals surface area contributed by atoms with Crippen molar-refractivity contribution < 1.29 is 5.11 Å². The molecule has 1 saturated heterocycles. The second-order valence-corrected chi connectivity index (χ2v) is 7.99. The zero-order valence-electron chi connectivity index (χ0n) is 15.5. The lowest BCUT2D eigenvalue weighted by Crippen LogP contribution is -2.58. The van der Waals surface area contributed by atoms with Gasteiger partial charge in [-0.1, -0.05) is 54.5 Å². The lowest BCUT2D eigenvalue weighted by Gasteiger charge is -2.53. The van der Waals surface area contributed by atoms with Gasteiger partial charge in [0.25, 0.3) is 0 Å². The first-order chi connectivity index (χ1) is 12.7. The Balaban J connectivity index is 1.51. The van der Waals surface area contributed by atoms with Crippen molar-refractivity contribution >= 4 is 6.08 Å². The summed E-state index contributed by atoms with van der Waals surface area (Å²) in [7, 11) is 0. The Morgan fingerprint density at radius 3 is 2.54 bits per heavy atom. The maximum atomic E-state index is 11.6. The van der Waals surface area contributed by atoms with Crippen LogP contribution in [0, 0.1) is 11.8 Å². The number of aliphatic hydroxyl groups is 1. The average molecular weight is 348 g/mol. The Labute approximate surface area is 156 Å². The molecular formula is C23H28N2O. The Bertz CT molecular complexity index is 742. The van der Waals surface area contributed by atoms with Gasteiger partial charge in [-0.3, -0.25) is 9.88 Å². The van der Waals surface area contributed by atoms with Gasteiger partial charge in [0, 0.05) is 49.4 Å². The molecule has 0 amide bonds. The maximum absolute atomic E-state index is 11.6. The molecule has 0 spiro atoms. The molecule has 4 rings (SSSR count). The lowest BCUT2D eigenvalue weighted by atomic mass is 9.63. The van der Waals surface area contributed by atoms with E-state index in [-0.39, 0.29) is 0 Å². The third-order valence-electron chi connectivity index (χ3n) is 6.12. The number of benzene rings is 1. The number of nitrogens with zero attached hydrogens (tertiary/aromatic N) is 2. The van der Waals surface area contributed by atoms with Gasteiger partial charge in [0.15, 0.2) is 0 Å². The van der Waals surface area contributed by atoms with Gasteiger partial charge in [-0.2, -0.15) is 0 Å². The summed E-state index contributed by atoms with van der Waals surface area (Å²) in [5, 5.41) is 11.6. The van der Waals surface area contributed by atoms with Gasteiger partial charge < -0.3 is 5.11 Å². The predicted molar refractivity (Wildman–Crippen MR) is 105 cm³/mol. The van der Waals surface area contributed by atoms with Crippen LogP contribution in [-0.2, 0) is 5.60 Å². The van der Waals surface area contributed by atoms with E-state index < -0.39 is 5.60 Å². The van der Waals surface area contributed by atoms with Crippen molar-refractivity contribution in [3.05, 3.63) is 71.6 Å². The van der Waals surface area contributed by atoms with Crippen LogP contribution >= 0.6 is 0 Å². The monoisotopic (exact) mass is 348 g/mol. The average Bonchev–Trinajstić information content (AvgIpc) is 2.64. The van der Waals surface area contributed by atoms with E-state index in [9.17, 15) is 5.11 Å². The summed E-state index contributed by atoms with van der Waals surface area (Å²) in [6.07, 6.45) is 9.35. The highest BCUT2D eigenvalue weighted by Gasteiger charge is 2.51. The van der Waals surface area contributed by atoms with E-state index in [1.54, 1.807) is 6.20 Å². The van der Waals surface area contributed by atoms with E-state index in [1.165, 1.54) is 17.6 Å². The van der Waals surface area contributed by atoms with Crippen molar-refractivity contribution in [2.75, 3.05) is 19.6 Å². The summed E-state index contributed by atoms with van der Waals surface area (Å²) in [5.74, 6) is 0.590. The highest BCUT2D eigenvalue weighted by molar-refractivity contribution is 5.52. The fourth-order valence-corrected chi connectivity index (χ4v) is 4.98. The molecule has 2 bridgehead atoms. The van der Waals surface area contributed by atoms with Crippen molar-refractivity contribution in [1.29, 1.82) is 0 Å². The van der Waals surface area contributed by atoms with E-state index in [0.717, 1.165) is 38.0 Å². The summed E-state index contributed by atoms with van der Waals surface area (Å²) in [6.45, 7) is 5.11. The zero-order chi connectivity index (χ0) is 18.0. The topological polar surface area (TPSA) is 36.4 Å². The first-order valence-corrected chi connectivity index (χ1v) is 9.73. The van der Waals surface area contributed by atoms with Crippen molar-refractivity contribution in [1.82, 2.24) is 9.88 Å². The molecule has 26 heavy (non-hydrogen) atoms. The predicted octanol–water partition coefficient (Wildman–Crippen LogP) is 4.10. The van der Waals surface area contributed by atoms with Crippen LogP contribution in [0.1, 0.15) is 37.3 Å². The summed E-state index contributed by atoms with van der Waals surface area (Å²) in [5.41, 5.74) is 2.93. The van der Waals surface area contributed by atoms with Crippen LogP contribution in [0.25, 0.3) is 6.08 Å². The Kier molecular flexibility index (Phi) is 4.92. The minimum Gasteiger partial charge on any atom is -0.384 e. The van der Waals surface area contributed by atoms with E-state index in [2.05, 4.69) is 59.3 Å². The van der Waals surface area contributed by atoms with E-state index in [0.29, 0.717) is 11.8 Å². The summed E-state index contributed by atoms with van der Waals surface area (Å²) in [6, 6.07) is 14.5. The smallest absolute Gasteiger partial charge is 0.0991 e. The second-order valence-electron chi connectivity index (χ2n) is 7.99. The third-order valence-corrected chi connectivity index (χ3v) is 6.12. The quantitative estimate of drug-likeness (QED) is 0.903. The molecule has 0 radical (unpaired) electrons. The van der Waals surface area contributed by atoms with Gasteiger partial charge in [-0.25, -0.2) is 0 Å². The minimum atomic E-state index is -0.708. The van der Waals surface area contributed by atoms with Crippen LogP contribution in [-0.4, -0.2) is 34.6 Å². The highest BCUT2D eigenvalue weighted by Crippen LogP contribution is 2.49. The number of pyridine rings is 1. The number of fused-ring (bicyclic) bond motifs is 2. The molecule has 1 aliphatic heterocycles. The number of hydrogen-bond donors (Lipinski definition) is 1. The molecule has 3 nitrogen and oxygen atoms in total. The van der Waals surface area contributed by atoms with Gasteiger partial charge in [0.2, 0.25) is 0 Å². The summed E-state index contributed by atoms with van der Waals surface area (Å²) >= 11 is 0. The summed E-state index contributed by atoms with van der Waals surface area (Å²) < 4.78 is 0. The molecule has 2 aromatic rings. The molecule has 2 heterocycles. The first kappa shape index (κ1) is 17.4. The molecule has 2 fully saturated rings. The molecule has 1 aliphatic carbocycles. The van der Waals surface area contributed by atoms with Gasteiger partial charge in [0.1, 0.15) is 0 Å². The molecule has 2 aliphatic rings. The van der Waals surface area contributed by atoms with E-state index in [1.807, 2.05) is 12.3 Å². The fraction of sp³-hybridized carbons (Fsp3) is 0.435. The molecular weight excluding hydrogens is 320 g/mol. The van der Waals surface area contributed by atoms with Crippen LogP contribution in [0.3, 0.4) is 0 Å². The van der Waals surface area contributed by atoms with E-state index >= 15 is 0 Å². The maximum Gasteiger partial charge on any atom is 0.0991 e. The second kappa shape index (κ2) is 7.34. The third kappa shape index (κ3) is 3.34. The number of aromatic nitrogens is 1. The van der Waals surface area contributed by atoms with Crippen molar-refractivity contribution in [2.45, 2.75) is 31.8 Å². The van der Waals surface area contributed by atoms with Crippen molar-refractivity contribution in [3.8, 4) is 0 Å². The Hall–Kier alpha value is -1.97.